The third-order valence-corrected chi connectivity index (χ3v) is 4.78. The normalized spacial score (nSPS) is 17.4. The van der Waals surface area contributed by atoms with Crippen LogP contribution in [0.3, 0.4) is 0 Å². The van der Waals surface area contributed by atoms with Crippen molar-refractivity contribution in [3.8, 4) is 17.0 Å². The molecule has 0 unspecified atom stereocenters. The first-order valence-electron chi connectivity index (χ1n) is 9.10. The van der Waals surface area contributed by atoms with Crippen molar-refractivity contribution >= 4 is 5.91 Å². The fourth-order valence-electron chi connectivity index (χ4n) is 3.44. The number of amides is 1. The SMILES string of the molecule is COc1cccc(-c2cccc([C@H]3CCCN(C(=O)CN(C)C)C3)n2)c1. The van der Waals surface area contributed by atoms with Gasteiger partial charge in [-0.2, -0.15) is 0 Å². The van der Waals surface area contributed by atoms with Gasteiger partial charge in [-0.05, 0) is 51.2 Å². The van der Waals surface area contributed by atoms with Crippen molar-refractivity contribution in [2.75, 3.05) is 40.8 Å². The molecule has 3 rings (SSSR count). The van der Waals surface area contributed by atoms with Gasteiger partial charge < -0.3 is 14.5 Å². The van der Waals surface area contributed by atoms with Gasteiger partial charge in [0.05, 0.1) is 19.3 Å². The molecule has 0 radical (unpaired) electrons. The zero-order valence-corrected chi connectivity index (χ0v) is 15.8. The third kappa shape index (κ3) is 4.41. The summed E-state index contributed by atoms with van der Waals surface area (Å²) in [7, 11) is 5.53. The maximum absolute atomic E-state index is 12.4. The standard InChI is InChI=1S/C21H27N3O2/c1-23(2)15-21(25)24-12-6-8-17(14-24)20-11-5-10-19(22-20)16-7-4-9-18(13-16)26-3/h4-5,7,9-11,13,17H,6,8,12,14-15H2,1-3H3/t17-/m0/s1. The molecule has 5 heteroatoms. The Kier molecular flexibility index (Phi) is 5.89. The van der Waals surface area contributed by atoms with Crippen LogP contribution in [0, 0.1) is 0 Å². The maximum Gasteiger partial charge on any atom is 0.236 e. The molecule has 1 aliphatic heterocycles. The van der Waals surface area contributed by atoms with Gasteiger partial charge >= 0.3 is 0 Å². The molecular formula is C21H27N3O2. The summed E-state index contributed by atoms with van der Waals surface area (Å²) in [6.45, 7) is 2.06. The molecule has 0 saturated carbocycles. The van der Waals surface area contributed by atoms with Crippen molar-refractivity contribution in [1.29, 1.82) is 0 Å². The lowest BCUT2D eigenvalue weighted by atomic mass is 9.93. The van der Waals surface area contributed by atoms with Gasteiger partial charge in [-0.1, -0.05) is 18.2 Å². The lowest BCUT2D eigenvalue weighted by molar-refractivity contribution is -0.133. The van der Waals surface area contributed by atoms with Gasteiger partial charge in [0.1, 0.15) is 5.75 Å². The Morgan fingerprint density at radius 1 is 1.27 bits per heavy atom. The van der Waals surface area contributed by atoms with E-state index in [0.29, 0.717) is 12.5 Å². The van der Waals surface area contributed by atoms with Crippen LogP contribution in [0.25, 0.3) is 11.3 Å². The molecule has 5 nitrogen and oxygen atoms in total. The van der Waals surface area contributed by atoms with Gasteiger partial charge in [0.2, 0.25) is 5.91 Å². The number of hydrogen-bond donors (Lipinski definition) is 0. The minimum absolute atomic E-state index is 0.198. The van der Waals surface area contributed by atoms with E-state index in [9.17, 15) is 4.79 Å². The fraction of sp³-hybridized carbons (Fsp3) is 0.429. The van der Waals surface area contributed by atoms with Gasteiger partial charge in [0, 0.05) is 30.3 Å². The van der Waals surface area contributed by atoms with Gasteiger partial charge in [0.15, 0.2) is 0 Å². The lowest BCUT2D eigenvalue weighted by Crippen LogP contribution is -2.43. The van der Waals surface area contributed by atoms with Crippen LogP contribution in [-0.4, -0.2) is 61.5 Å². The topological polar surface area (TPSA) is 45.7 Å². The summed E-state index contributed by atoms with van der Waals surface area (Å²) in [6.07, 6.45) is 2.09. The van der Waals surface area contributed by atoms with E-state index in [-0.39, 0.29) is 5.91 Å². The van der Waals surface area contributed by atoms with E-state index in [1.54, 1.807) is 7.11 Å². The van der Waals surface area contributed by atoms with Crippen LogP contribution >= 0.6 is 0 Å². The molecule has 0 bridgehead atoms. The number of ether oxygens (including phenoxy) is 1. The predicted molar refractivity (Wildman–Crippen MR) is 103 cm³/mol. The summed E-state index contributed by atoms with van der Waals surface area (Å²) in [6, 6.07) is 14.1. The van der Waals surface area contributed by atoms with Crippen molar-refractivity contribution in [2.45, 2.75) is 18.8 Å². The number of hydrogen-bond acceptors (Lipinski definition) is 4. The Balaban J connectivity index is 1.78. The van der Waals surface area contributed by atoms with Crippen LogP contribution in [-0.2, 0) is 4.79 Å². The van der Waals surface area contributed by atoms with Crippen molar-refractivity contribution in [1.82, 2.24) is 14.8 Å². The first-order chi connectivity index (χ1) is 12.6. The molecule has 1 atom stereocenters. The Bertz CT molecular complexity index is 760. The van der Waals surface area contributed by atoms with Crippen LogP contribution in [0.5, 0.6) is 5.75 Å². The fourth-order valence-corrected chi connectivity index (χ4v) is 3.44. The highest BCUT2D eigenvalue weighted by atomic mass is 16.5. The average molecular weight is 353 g/mol. The Morgan fingerprint density at radius 2 is 2.08 bits per heavy atom. The van der Waals surface area contributed by atoms with E-state index in [1.165, 1.54) is 0 Å². The maximum atomic E-state index is 12.4. The first kappa shape index (κ1) is 18.4. The Labute approximate surface area is 155 Å². The number of carbonyl (C=O) groups is 1. The van der Waals surface area contributed by atoms with Gasteiger partial charge in [-0.15, -0.1) is 0 Å². The Morgan fingerprint density at radius 3 is 2.85 bits per heavy atom. The molecule has 2 heterocycles. The number of benzene rings is 1. The molecule has 0 N–H and O–H groups in total. The molecular weight excluding hydrogens is 326 g/mol. The Hall–Kier alpha value is -2.40. The van der Waals surface area contributed by atoms with Crippen LogP contribution in [0.4, 0.5) is 0 Å². The average Bonchev–Trinajstić information content (AvgIpc) is 2.68. The molecule has 1 aliphatic rings. The summed E-state index contributed by atoms with van der Waals surface area (Å²) in [5.74, 6) is 1.32. The van der Waals surface area contributed by atoms with E-state index >= 15 is 0 Å². The highest BCUT2D eigenvalue weighted by molar-refractivity contribution is 5.78. The number of likely N-dealkylation sites (N-methyl/N-ethyl adjacent to an activating group) is 1. The van der Waals surface area contributed by atoms with Gasteiger partial charge in [-0.3, -0.25) is 9.78 Å². The molecule has 138 valence electrons. The number of aromatic nitrogens is 1. The minimum atomic E-state index is 0.198. The van der Waals surface area contributed by atoms with E-state index in [4.69, 9.17) is 9.72 Å². The molecule has 1 fully saturated rings. The van der Waals surface area contributed by atoms with Crippen LogP contribution < -0.4 is 4.74 Å². The number of methoxy groups -OCH3 is 1. The number of pyridine rings is 1. The number of piperidine rings is 1. The van der Waals surface area contributed by atoms with Crippen molar-refractivity contribution in [3.63, 3.8) is 0 Å². The summed E-state index contributed by atoms with van der Waals surface area (Å²) >= 11 is 0. The second kappa shape index (κ2) is 8.32. The van der Waals surface area contributed by atoms with Crippen LogP contribution in [0.2, 0.25) is 0 Å². The van der Waals surface area contributed by atoms with Gasteiger partial charge in [0.25, 0.3) is 0 Å². The lowest BCUT2D eigenvalue weighted by Gasteiger charge is -2.33. The quantitative estimate of drug-likeness (QED) is 0.829. The second-order valence-corrected chi connectivity index (χ2v) is 7.10. The molecule has 1 aromatic carbocycles. The first-order valence-corrected chi connectivity index (χ1v) is 9.10. The molecule has 0 spiro atoms. The number of rotatable bonds is 5. The van der Waals surface area contributed by atoms with E-state index in [2.05, 4.69) is 12.1 Å². The number of nitrogens with zero attached hydrogens (tertiary/aromatic N) is 3. The zero-order chi connectivity index (χ0) is 18.5. The summed E-state index contributed by atoms with van der Waals surface area (Å²) in [5, 5.41) is 0. The molecule has 2 aromatic rings. The molecule has 0 aliphatic carbocycles. The largest absolute Gasteiger partial charge is 0.497 e. The summed E-state index contributed by atoms with van der Waals surface area (Å²) < 4.78 is 5.32. The molecule has 1 aromatic heterocycles. The number of carbonyl (C=O) groups excluding carboxylic acids is 1. The highest BCUT2D eigenvalue weighted by Gasteiger charge is 2.25. The minimum Gasteiger partial charge on any atom is -0.497 e. The van der Waals surface area contributed by atoms with E-state index in [1.807, 2.05) is 54.2 Å². The monoisotopic (exact) mass is 353 g/mol. The second-order valence-electron chi connectivity index (χ2n) is 7.10. The molecule has 1 saturated heterocycles. The highest BCUT2D eigenvalue weighted by Crippen LogP contribution is 2.28. The van der Waals surface area contributed by atoms with Crippen molar-refractivity contribution < 1.29 is 9.53 Å². The van der Waals surface area contributed by atoms with Gasteiger partial charge in [-0.25, -0.2) is 0 Å². The van der Waals surface area contributed by atoms with Crippen molar-refractivity contribution in [2.24, 2.45) is 0 Å². The van der Waals surface area contributed by atoms with E-state index in [0.717, 1.165) is 48.6 Å². The predicted octanol–water partition coefficient (Wildman–Crippen LogP) is 3.02. The van der Waals surface area contributed by atoms with Crippen molar-refractivity contribution in [3.05, 3.63) is 48.2 Å². The molecule has 1 amide bonds. The summed E-state index contributed by atoms with van der Waals surface area (Å²) in [4.78, 5) is 21.2. The third-order valence-electron chi connectivity index (χ3n) is 4.78. The van der Waals surface area contributed by atoms with Crippen LogP contribution in [0.15, 0.2) is 42.5 Å². The number of likely N-dealkylation sites (tertiary alicyclic amines) is 1. The van der Waals surface area contributed by atoms with Crippen LogP contribution in [0.1, 0.15) is 24.5 Å². The zero-order valence-electron chi connectivity index (χ0n) is 15.8. The summed E-state index contributed by atoms with van der Waals surface area (Å²) in [5.41, 5.74) is 3.05. The smallest absolute Gasteiger partial charge is 0.236 e. The van der Waals surface area contributed by atoms with E-state index < -0.39 is 0 Å². The molecule has 26 heavy (non-hydrogen) atoms.